The van der Waals surface area contributed by atoms with E-state index in [1.165, 1.54) is 23.1 Å². The third-order valence-corrected chi connectivity index (χ3v) is 5.77. The van der Waals surface area contributed by atoms with E-state index in [9.17, 15) is 4.79 Å². The number of nitrogens with one attached hydrogen (secondary N) is 1. The zero-order valence-electron chi connectivity index (χ0n) is 16.7. The van der Waals surface area contributed by atoms with E-state index in [-0.39, 0.29) is 11.7 Å². The minimum atomic E-state index is -0.204. The number of hydrogen-bond donors (Lipinski definition) is 1. The number of amides is 1. The van der Waals surface area contributed by atoms with Gasteiger partial charge >= 0.3 is 0 Å². The molecule has 0 aliphatic rings. The molecule has 0 saturated heterocycles. The van der Waals surface area contributed by atoms with Crippen LogP contribution < -0.4 is 14.9 Å². The molecule has 3 aromatic rings. The van der Waals surface area contributed by atoms with Gasteiger partial charge in [-0.3, -0.25) is 4.79 Å². The van der Waals surface area contributed by atoms with Crippen molar-refractivity contribution in [1.82, 2.24) is 15.6 Å². The lowest BCUT2D eigenvalue weighted by molar-refractivity contribution is -0.118. The molecular formula is C21H22N4O3S2. The van der Waals surface area contributed by atoms with Crippen LogP contribution in [0.1, 0.15) is 16.1 Å². The fraction of sp³-hybridized carbons (Fsp3) is 0.238. The summed E-state index contributed by atoms with van der Waals surface area (Å²) in [6, 6.07) is 15.3. The molecule has 0 atom stereocenters. The van der Waals surface area contributed by atoms with E-state index in [1.54, 1.807) is 6.21 Å². The predicted octanol–water partition coefficient (Wildman–Crippen LogP) is 3.86. The third-order valence-electron chi connectivity index (χ3n) is 3.80. The summed E-state index contributed by atoms with van der Waals surface area (Å²) in [5.74, 6) is 1.60. The fourth-order valence-corrected chi connectivity index (χ4v) is 4.00. The van der Waals surface area contributed by atoms with Gasteiger partial charge in [0.2, 0.25) is 0 Å². The second kappa shape index (κ2) is 11.3. The zero-order valence-corrected chi connectivity index (χ0v) is 18.3. The fourth-order valence-electron chi connectivity index (χ4n) is 2.39. The van der Waals surface area contributed by atoms with Crippen molar-refractivity contribution in [1.29, 1.82) is 0 Å². The molecule has 2 aromatic carbocycles. The maximum absolute atomic E-state index is 11.9. The highest BCUT2D eigenvalue weighted by molar-refractivity contribution is 8.01. The summed E-state index contributed by atoms with van der Waals surface area (Å²) < 4.78 is 12.2. The van der Waals surface area contributed by atoms with Gasteiger partial charge in [-0.05, 0) is 43.2 Å². The first-order valence-electron chi connectivity index (χ1n) is 9.26. The van der Waals surface area contributed by atoms with Crippen molar-refractivity contribution in [2.45, 2.75) is 18.2 Å². The maximum Gasteiger partial charge on any atom is 0.250 e. The molecule has 0 spiro atoms. The molecule has 30 heavy (non-hydrogen) atoms. The van der Waals surface area contributed by atoms with E-state index >= 15 is 0 Å². The Kier molecular flexibility index (Phi) is 8.22. The van der Waals surface area contributed by atoms with Crippen LogP contribution in [0.15, 0.2) is 58.0 Å². The molecule has 0 fully saturated rings. The molecule has 0 radical (unpaired) electrons. The monoisotopic (exact) mass is 442 g/mol. The zero-order chi connectivity index (χ0) is 21.2. The summed E-state index contributed by atoms with van der Waals surface area (Å²) in [6.45, 7) is 4.76. The summed E-state index contributed by atoms with van der Waals surface area (Å²) in [4.78, 5) is 11.9. The summed E-state index contributed by atoms with van der Waals surface area (Å²) >= 11 is 2.79. The Morgan fingerprint density at radius 2 is 1.97 bits per heavy atom. The van der Waals surface area contributed by atoms with Crippen LogP contribution in [0.25, 0.3) is 0 Å². The van der Waals surface area contributed by atoms with Gasteiger partial charge in [0, 0.05) is 0 Å². The van der Waals surface area contributed by atoms with Gasteiger partial charge in [-0.2, -0.15) is 5.10 Å². The molecule has 1 aromatic heterocycles. The molecule has 0 saturated carbocycles. The van der Waals surface area contributed by atoms with E-state index in [1.807, 2.05) is 62.4 Å². The number of rotatable bonds is 10. The molecule has 0 bridgehead atoms. The van der Waals surface area contributed by atoms with Crippen LogP contribution >= 0.6 is 23.1 Å². The molecular weight excluding hydrogens is 420 g/mol. The number of aryl methyl sites for hydroxylation is 2. The Morgan fingerprint density at radius 1 is 1.13 bits per heavy atom. The Labute approximate surface area is 183 Å². The molecule has 0 aliphatic heterocycles. The summed E-state index contributed by atoms with van der Waals surface area (Å²) in [5, 5.41) is 12.8. The lowest BCUT2D eigenvalue weighted by atomic mass is 10.2. The van der Waals surface area contributed by atoms with E-state index in [0.717, 1.165) is 26.2 Å². The first-order chi connectivity index (χ1) is 14.6. The van der Waals surface area contributed by atoms with Crippen molar-refractivity contribution in [3.8, 4) is 11.5 Å². The number of aromatic nitrogens is 2. The van der Waals surface area contributed by atoms with Crippen LogP contribution in [0.2, 0.25) is 0 Å². The molecule has 3 rings (SSSR count). The largest absolute Gasteiger partial charge is 0.490 e. The van der Waals surface area contributed by atoms with Gasteiger partial charge in [0.1, 0.15) is 29.7 Å². The van der Waals surface area contributed by atoms with Crippen LogP contribution in [0.5, 0.6) is 11.5 Å². The first-order valence-corrected chi connectivity index (χ1v) is 11.1. The van der Waals surface area contributed by atoms with Gasteiger partial charge < -0.3 is 9.47 Å². The Bertz CT molecular complexity index is 1010. The van der Waals surface area contributed by atoms with Crippen molar-refractivity contribution in [3.63, 3.8) is 0 Å². The molecule has 156 valence electrons. The highest BCUT2D eigenvalue weighted by Gasteiger charge is 2.05. The van der Waals surface area contributed by atoms with Gasteiger partial charge in [-0.25, -0.2) is 5.43 Å². The second-order valence-electron chi connectivity index (χ2n) is 6.20. The minimum absolute atomic E-state index is 0.204. The number of carbonyl (C=O) groups excluding carboxylic acids is 1. The molecule has 1 heterocycles. The van der Waals surface area contributed by atoms with Crippen LogP contribution in [0.3, 0.4) is 0 Å². The van der Waals surface area contributed by atoms with E-state index in [4.69, 9.17) is 9.47 Å². The van der Waals surface area contributed by atoms with E-state index in [2.05, 4.69) is 20.7 Å². The molecule has 1 N–H and O–H groups in total. The van der Waals surface area contributed by atoms with Crippen molar-refractivity contribution in [2.75, 3.05) is 19.0 Å². The number of carbonyl (C=O) groups is 1. The number of ether oxygens (including phenoxy) is 2. The average molecular weight is 443 g/mol. The van der Waals surface area contributed by atoms with Crippen LogP contribution in [-0.2, 0) is 4.79 Å². The molecule has 0 unspecified atom stereocenters. The number of nitrogens with zero attached hydrogens (tertiary/aromatic N) is 3. The van der Waals surface area contributed by atoms with Crippen LogP contribution in [0, 0.1) is 13.8 Å². The predicted molar refractivity (Wildman–Crippen MR) is 120 cm³/mol. The Hall–Kier alpha value is -2.91. The quantitative estimate of drug-likeness (QED) is 0.222. The lowest BCUT2D eigenvalue weighted by Gasteiger charge is -2.10. The smallest absolute Gasteiger partial charge is 0.250 e. The van der Waals surface area contributed by atoms with Gasteiger partial charge in [-0.1, -0.05) is 53.4 Å². The lowest BCUT2D eigenvalue weighted by Crippen LogP contribution is -2.19. The standard InChI is InChI=1S/C21H22N4O3S2/c1-15-6-3-4-9-19(15)28-11-10-27-18-8-5-7-17(12-18)13-22-24-20(26)14-29-21-25-23-16(2)30-21/h3-9,12-13H,10-11,14H2,1-2H3,(H,24,26)/b22-13+. The maximum atomic E-state index is 11.9. The van der Waals surface area contributed by atoms with Crippen molar-refractivity contribution >= 4 is 35.2 Å². The van der Waals surface area contributed by atoms with Crippen molar-refractivity contribution in [2.24, 2.45) is 5.10 Å². The number of para-hydroxylation sites is 1. The van der Waals surface area contributed by atoms with Gasteiger partial charge in [0.05, 0.1) is 12.0 Å². The van der Waals surface area contributed by atoms with Crippen LogP contribution in [0.4, 0.5) is 0 Å². The number of thioether (sulfide) groups is 1. The topological polar surface area (TPSA) is 85.7 Å². The normalized spacial score (nSPS) is 10.9. The molecule has 0 aliphatic carbocycles. The number of benzene rings is 2. The molecule has 9 heteroatoms. The van der Waals surface area contributed by atoms with Gasteiger partial charge in [0.25, 0.3) is 5.91 Å². The second-order valence-corrected chi connectivity index (χ2v) is 8.61. The first kappa shape index (κ1) is 21.8. The average Bonchev–Trinajstić information content (AvgIpc) is 3.16. The van der Waals surface area contributed by atoms with Crippen LogP contribution in [-0.4, -0.2) is 41.3 Å². The summed E-state index contributed by atoms with van der Waals surface area (Å²) in [5.41, 5.74) is 4.42. The third kappa shape index (κ3) is 7.16. The highest BCUT2D eigenvalue weighted by atomic mass is 32.2. The molecule has 1 amide bonds. The Balaban J connectivity index is 1.39. The summed E-state index contributed by atoms with van der Waals surface area (Å²) in [6.07, 6.45) is 1.58. The van der Waals surface area contributed by atoms with Gasteiger partial charge in [-0.15, -0.1) is 10.2 Å². The van der Waals surface area contributed by atoms with E-state index in [0.29, 0.717) is 19.0 Å². The van der Waals surface area contributed by atoms with Crippen molar-refractivity contribution in [3.05, 3.63) is 64.7 Å². The van der Waals surface area contributed by atoms with E-state index < -0.39 is 0 Å². The highest BCUT2D eigenvalue weighted by Crippen LogP contribution is 2.21. The van der Waals surface area contributed by atoms with Crippen molar-refractivity contribution < 1.29 is 14.3 Å². The summed E-state index contributed by atoms with van der Waals surface area (Å²) in [7, 11) is 0. The molecule has 7 nitrogen and oxygen atoms in total. The Morgan fingerprint density at radius 3 is 2.77 bits per heavy atom. The minimum Gasteiger partial charge on any atom is -0.490 e. The number of hydrazone groups is 1. The number of hydrogen-bond acceptors (Lipinski definition) is 8. The SMILES string of the molecule is Cc1nnc(SCC(=O)N/N=C/c2cccc(OCCOc3ccccc3C)c2)s1. The van der Waals surface area contributed by atoms with Gasteiger partial charge in [0.15, 0.2) is 4.34 Å².